The molecule has 5 heterocycles. The molecule has 23 heteroatoms. The van der Waals surface area contributed by atoms with Crippen LogP contribution in [-0.2, 0) is 62.4 Å². The van der Waals surface area contributed by atoms with Crippen molar-refractivity contribution in [3.8, 4) is 0 Å². The molecule has 17 atom stereocenters. The zero-order valence-corrected chi connectivity index (χ0v) is 48.7. The highest BCUT2D eigenvalue weighted by Crippen LogP contribution is 2.39. The van der Waals surface area contributed by atoms with E-state index in [0.29, 0.717) is 53.7 Å². The maximum Gasteiger partial charge on any atom is 0.336 e. The molecule has 1 amide bonds. The average Bonchev–Trinajstić information content (AvgIpc) is 3.88. The Hall–Kier alpha value is -4.66. The molecule has 3 aliphatic rings. The van der Waals surface area contributed by atoms with E-state index in [4.69, 9.17) is 37.7 Å². The molecule has 0 spiro atoms. The molecule has 0 bridgehead atoms. The van der Waals surface area contributed by atoms with Crippen molar-refractivity contribution in [1.29, 1.82) is 0 Å². The van der Waals surface area contributed by atoms with Crippen molar-refractivity contribution in [3.05, 3.63) is 52.1 Å². The Kier molecular flexibility index (Phi) is 21.7. The van der Waals surface area contributed by atoms with Crippen molar-refractivity contribution in [3.63, 3.8) is 0 Å². The van der Waals surface area contributed by atoms with Gasteiger partial charge in [-0.3, -0.25) is 14.3 Å². The van der Waals surface area contributed by atoms with Gasteiger partial charge < -0.3 is 78.3 Å². The predicted octanol–water partition coefficient (Wildman–Crippen LogP) is 3.45. The van der Waals surface area contributed by atoms with Gasteiger partial charge in [-0.1, -0.05) is 31.1 Å². The number of carbonyl (C=O) groups excluding carboxylic acids is 2. The Labute approximate surface area is 463 Å². The number of anilines is 1. The predicted molar refractivity (Wildman–Crippen MR) is 292 cm³/mol. The van der Waals surface area contributed by atoms with Gasteiger partial charge >= 0.3 is 11.6 Å². The number of nitrogens with one attached hydrogen (secondary N) is 1. The number of rotatable bonds is 18. The summed E-state index contributed by atoms with van der Waals surface area (Å²) in [5.74, 6) is -3.68. The third kappa shape index (κ3) is 15.7. The normalized spacial score (nSPS) is 35.7. The number of aliphatic hydroxyl groups is 5. The number of hydrogen-bond donors (Lipinski definition) is 6. The number of unbranched alkanes of at least 4 members (excludes halogenated alkanes) is 1. The first kappa shape index (κ1) is 63.5. The van der Waals surface area contributed by atoms with E-state index in [1.807, 2.05) is 64.0 Å². The van der Waals surface area contributed by atoms with Crippen LogP contribution < -0.4 is 15.8 Å². The minimum Gasteiger partial charge on any atom is -0.459 e. The smallest absolute Gasteiger partial charge is 0.336 e. The van der Waals surface area contributed by atoms with Crippen LogP contribution in [0.25, 0.3) is 11.0 Å². The quantitative estimate of drug-likeness (QED) is 0.0460. The number of aliphatic hydroxyl groups excluding tert-OH is 3. The van der Waals surface area contributed by atoms with Gasteiger partial charge in [0.1, 0.15) is 41.8 Å². The number of esters is 1. The first-order valence-corrected chi connectivity index (χ1v) is 27.7. The number of fused-ring (bicyclic) bond motifs is 1. The molecular formula is C56H89N7O16. The van der Waals surface area contributed by atoms with E-state index in [0.717, 1.165) is 5.69 Å². The van der Waals surface area contributed by atoms with Gasteiger partial charge in [-0.2, -0.15) is 0 Å². The van der Waals surface area contributed by atoms with Gasteiger partial charge in [-0.15, -0.1) is 5.10 Å². The fourth-order valence-corrected chi connectivity index (χ4v) is 11.2. The van der Waals surface area contributed by atoms with E-state index in [9.17, 15) is 39.9 Å². The van der Waals surface area contributed by atoms with Crippen LogP contribution >= 0.6 is 0 Å². The van der Waals surface area contributed by atoms with Gasteiger partial charge in [0.2, 0.25) is 5.91 Å². The Morgan fingerprint density at radius 1 is 0.937 bits per heavy atom. The zero-order chi connectivity index (χ0) is 58.3. The van der Waals surface area contributed by atoms with Crippen LogP contribution in [0.4, 0.5) is 5.69 Å². The molecule has 2 aromatic heterocycles. The van der Waals surface area contributed by atoms with Crippen LogP contribution in [0.2, 0.25) is 0 Å². The van der Waals surface area contributed by atoms with Gasteiger partial charge in [0.05, 0.1) is 72.5 Å². The van der Waals surface area contributed by atoms with Crippen molar-refractivity contribution in [2.24, 2.45) is 22.9 Å². The first-order chi connectivity index (χ1) is 37.1. The number of aromatic nitrogens is 3. The Balaban J connectivity index is 1.18. The summed E-state index contributed by atoms with van der Waals surface area (Å²) in [6.45, 7) is 15.9. The van der Waals surface area contributed by atoms with Gasteiger partial charge in [0, 0.05) is 81.7 Å². The van der Waals surface area contributed by atoms with Crippen LogP contribution in [0, 0.1) is 17.8 Å². The van der Waals surface area contributed by atoms with Gasteiger partial charge in [-0.05, 0) is 105 Å². The maximum atomic E-state index is 14.4. The summed E-state index contributed by atoms with van der Waals surface area (Å²) in [5.41, 5.74) is -2.76. The number of carbonyl (C=O) groups is 2. The molecule has 3 aromatic rings. The third-order valence-corrected chi connectivity index (χ3v) is 16.3. The summed E-state index contributed by atoms with van der Waals surface area (Å²) in [5, 5.41) is 76.4. The Morgan fingerprint density at radius 2 is 1.66 bits per heavy atom. The third-order valence-electron chi connectivity index (χ3n) is 16.3. The van der Waals surface area contributed by atoms with Gasteiger partial charge in [0.25, 0.3) is 0 Å². The number of amides is 1. The molecule has 79 heavy (non-hydrogen) atoms. The maximum absolute atomic E-state index is 14.4. The van der Waals surface area contributed by atoms with Crippen LogP contribution in [0.5, 0.6) is 0 Å². The lowest BCUT2D eigenvalue weighted by Crippen LogP contribution is -2.59. The minimum absolute atomic E-state index is 0.0349. The molecule has 0 aliphatic carbocycles. The molecule has 1 aromatic carbocycles. The number of hydrogen-bond acceptors (Lipinski definition) is 21. The molecule has 444 valence electrons. The monoisotopic (exact) mass is 1120 g/mol. The van der Waals surface area contributed by atoms with Crippen molar-refractivity contribution >= 4 is 34.2 Å². The summed E-state index contributed by atoms with van der Waals surface area (Å²) in [4.78, 5) is 49.5. The second-order valence-electron chi connectivity index (χ2n) is 23.2. The highest BCUT2D eigenvalue weighted by molar-refractivity contribution is 5.89. The van der Waals surface area contributed by atoms with E-state index in [2.05, 4.69) is 20.8 Å². The molecule has 0 saturated carbocycles. The SMILES string of the molecule is CC[C@H]1OC(=O)[C@H](C)[C@@H](OC2CC(C)(OC)C(O)C(C)O2)C[C@@H](O[C@@H]2O[C@H](C)CC(N(C)C)C2O)[C@](C)(O)C[C@@H](C)/C(=N\OCCCCn2cc(CNC(=O)Cc3cc(=O)oc4cc(N(C)C)ccc34)nn2)[C@H](C)[C@@H](O)[C@]1(C)O. The van der Waals surface area contributed by atoms with Crippen LogP contribution in [0.15, 0.2) is 44.8 Å². The van der Waals surface area contributed by atoms with Crippen LogP contribution in [0.1, 0.15) is 119 Å². The van der Waals surface area contributed by atoms with Crippen molar-refractivity contribution in [2.75, 3.05) is 46.8 Å². The summed E-state index contributed by atoms with van der Waals surface area (Å²) in [6, 6.07) is 6.46. The number of ether oxygens (including phenoxy) is 6. The van der Waals surface area contributed by atoms with Crippen LogP contribution in [-0.4, -0.2) is 189 Å². The zero-order valence-electron chi connectivity index (χ0n) is 48.7. The highest BCUT2D eigenvalue weighted by atomic mass is 16.7. The number of nitrogens with zero attached hydrogens (tertiary/aromatic N) is 6. The second kappa shape index (κ2) is 26.9. The lowest BCUT2D eigenvalue weighted by molar-refractivity contribution is -0.307. The summed E-state index contributed by atoms with van der Waals surface area (Å²) >= 11 is 0. The minimum atomic E-state index is -2.00. The van der Waals surface area contributed by atoms with Crippen LogP contribution in [0.3, 0.4) is 0 Å². The summed E-state index contributed by atoms with van der Waals surface area (Å²) in [6.07, 6.45) is -7.09. The largest absolute Gasteiger partial charge is 0.459 e. The van der Waals surface area contributed by atoms with Gasteiger partial charge in [0.15, 0.2) is 12.6 Å². The number of methoxy groups -OCH3 is 1. The van der Waals surface area contributed by atoms with E-state index in [-0.39, 0.29) is 63.3 Å². The molecule has 3 saturated heterocycles. The van der Waals surface area contributed by atoms with Crippen molar-refractivity contribution in [2.45, 2.75) is 211 Å². The molecule has 0 radical (unpaired) electrons. The standard InChI is InChI=1S/C56H89N7O16/c1-15-43-56(9,71)50(67)34(5)48(59-73-21-17-16-20-63-30-37(58-60-63)29-57-45(64)23-36-24-46(65)76-42-25-38(61(10)11)18-19-39(36)42)31(2)27-54(7,70)44(79-53-49(66)40(62(12)13)22-32(3)74-53)26-41(33(4)52(69)78-43)77-47-28-55(8,72-14)51(68)35(6)75-47/h18-19,24-25,30-35,40-41,43-44,47,49-51,53,66-68,70-71H,15-17,20-23,26-29H2,1-14H3,(H,57,64)/b59-48+/t31-,32-,33-,34+,35?,40?,41+,43-,44-,47?,49?,50-,51?,53+,54-,55?,56-/m1/s1. The lowest BCUT2D eigenvalue weighted by atomic mass is 9.75. The van der Waals surface area contributed by atoms with Gasteiger partial charge in [-0.25, -0.2) is 4.79 Å². The summed E-state index contributed by atoms with van der Waals surface area (Å²) in [7, 11) is 8.96. The number of likely N-dealkylation sites (N-methyl/N-ethyl adjacent to an activating group) is 1. The van der Waals surface area contributed by atoms with E-state index < -0.39 is 101 Å². The topological polar surface area (TPSA) is 292 Å². The molecule has 6 unspecified atom stereocenters. The first-order valence-electron chi connectivity index (χ1n) is 27.7. The van der Waals surface area contributed by atoms with E-state index in [1.54, 1.807) is 58.5 Å². The lowest BCUT2D eigenvalue weighted by Gasteiger charge is -2.47. The van der Waals surface area contributed by atoms with Crippen molar-refractivity contribution < 1.29 is 72.8 Å². The Morgan fingerprint density at radius 3 is 2.33 bits per heavy atom. The van der Waals surface area contributed by atoms with Crippen molar-refractivity contribution in [1.82, 2.24) is 25.2 Å². The van der Waals surface area contributed by atoms with E-state index >= 15 is 0 Å². The molecule has 3 aliphatic heterocycles. The average molecular weight is 1120 g/mol. The molecular weight excluding hydrogens is 1030 g/mol. The Bertz CT molecular complexity index is 2570. The van der Waals surface area contributed by atoms with E-state index in [1.165, 1.54) is 20.1 Å². The molecule has 6 rings (SSSR count). The second-order valence-corrected chi connectivity index (χ2v) is 23.2. The summed E-state index contributed by atoms with van der Waals surface area (Å²) < 4.78 is 44.7. The number of aryl methyl sites for hydroxylation is 1. The molecule has 6 N–H and O–H groups in total. The molecule has 3 fully saturated rings. The fraction of sp³-hybridized carbons (Fsp3) is 0.750. The molecule has 23 nitrogen and oxygen atoms in total. The number of cyclic esters (lactones) is 1. The number of benzene rings is 1. The fourth-order valence-electron chi connectivity index (χ4n) is 11.2. The number of oxime groups is 1. The highest BCUT2D eigenvalue weighted by Gasteiger charge is 2.51.